The van der Waals surface area contributed by atoms with Gasteiger partial charge in [0.2, 0.25) is 0 Å². The summed E-state index contributed by atoms with van der Waals surface area (Å²) < 4.78 is 44.9. The second kappa shape index (κ2) is 14.6. The molecule has 0 aliphatic heterocycles. The van der Waals surface area contributed by atoms with Gasteiger partial charge in [0.1, 0.15) is 0 Å². The van der Waals surface area contributed by atoms with E-state index in [9.17, 15) is 18.0 Å². The van der Waals surface area contributed by atoms with Crippen LogP contribution >= 0.6 is 11.6 Å². The number of pyridine rings is 1. The number of hydrogen-bond acceptors (Lipinski definition) is 9. The van der Waals surface area contributed by atoms with E-state index in [0.717, 1.165) is 0 Å². The van der Waals surface area contributed by atoms with Crippen LogP contribution in [0.1, 0.15) is 39.0 Å². The Bertz CT molecular complexity index is 1370. The van der Waals surface area contributed by atoms with Crippen molar-refractivity contribution in [2.75, 3.05) is 26.9 Å². The van der Waals surface area contributed by atoms with Crippen LogP contribution < -0.4 is 5.73 Å². The van der Waals surface area contributed by atoms with Gasteiger partial charge in [0.05, 0.1) is 54.3 Å². The van der Waals surface area contributed by atoms with Crippen LogP contribution in [-0.4, -0.2) is 56.8 Å². The van der Waals surface area contributed by atoms with Crippen LogP contribution in [0.5, 0.6) is 0 Å². The van der Waals surface area contributed by atoms with E-state index in [1.165, 1.54) is 19.2 Å². The number of carbonyl (C=O) groups is 2. The second-order valence-electron chi connectivity index (χ2n) is 7.59. The van der Waals surface area contributed by atoms with Crippen molar-refractivity contribution < 1.29 is 36.8 Å². The van der Waals surface area contributed by atoms with E-state index >= 15 is 0 Å². The molecule has 0 spiro atoms. The standard InChI is InChI=1S/C20H23ClN2O5.C6H6O3S/c1-4-28-20(25)18-15(11-27-10-9-22)23-12(2)16(19(24)26-3)17(18)13-7-5-6-8-14(13)21;7-10(8,9)6-4-2-1-3-5-6/h5-8H,4,9-11,22H2,1-3H3;1-5H,(H,7,8,9). The summed E-state index contributed by atoms with van der Waals surface area (Å²) in [6.45, 7) is 4.17. The van der Waals surface area contributed by atoms with E-state index in [1.54, 1.807) is 56.3 Å². The lowest BCUT2D eigenvalue weighted by molar-refractivity contribution is 0.0518. The van der Waals surface area contributed by atoms with Crippen molar-refractivity contribution in [3.8, 4) is 11.1 Å². The first kappa shape index (κ1) is 30.9. The zero-order chi connectivity index (χ0) is 28.3. The Labute approximate surface area is 226 Å². The Morgan fingerprint density at radius 3 is 2.18 bits per heavy atom. The highest BCUT2D eigenvalue weighted by Crippen LogP contribution is 2.36. The number of ether oxygens (including phenoxy) is 3. The molecule has 0 unspecified atom stereocenters. The molecule has 0 aliphatic carbocycles. The molecule has 10 nitrogen and oxygen atoms in total. The van der Waals surface area contributed by atoms with Crippen LogP contribution in [0.25, 0.3) is 11.1 Å². The third-order valence-corrected chi connectivity index (χ3v) is 6.20. The van der Waals surface area contributed by atoms with Crippen LogP contribution in [0, 0.1) is 6.92 Å². The molecule has 2 aromatic carbocycles. The molecule has 1 heterocycles. The minimum Gasteiger partial charge on any atom is -0.465 e. The van der Waals surface area contributed by atoms with Gasteiger partial charge >= 0.3 is 11.9 Å². The number of methoxy groups -OCH3 is 1. The molecule has 0 atom stereocenters. The molecule has 3 aromatic rings. The van der Waals surface area contributed by atoms with Gasteiger partial charge in [-0.2, -0.15) is 8.42 Å². The summed E-state index contributed by atoms with van der Waals surface area (Å²) in [7, 11) is -2.74. The maximum atomic E-state index is 12.8. The minimum atomic E-state index is -4.00. The minimum absolute atomic E-state index is 0.0328. The molecule has 3 rings (SSSR count). The highest BCUT2D eigenvalue weighted by atomic mass is 35.5. The first-order valence-corrected chi connectivity index (χ1v) is 13.2. The van der Waals surface area contributed by atoms with Crippen molar-refractivity contribution in [1.29, 1.82) is 0 Å². The van der Waals surface area contributed by atoms with Crippen LogP contribution in [0.4, 0.5) is 0 Å². The Balaban J connectivity index is 0.000000423. The Morgan fingerprint density at radius 1 is 1.03 bits per heavy atom. The Hall–Kier alpha value is -3.35. The number of hydrogen-bond donors (Lipinski definition) is 2. The maximum absolute atomic E-state index is 12.8. The average molecular weight is 565 g/mol. The van der Waals surface area contributed by atoms with Crippen LogP contribution in [-0.2, 0) is 30.9 Å². The predicted molar refractivity (Wildman–Crippen MR) is 142 cm³/mol. The van der Waals surface area contributed by atoms with Crippen LogP contribution in [0.3, 0.4) is 0 Å². The number of carbonyl (C=O) groups excluding carboxylic acids is 2. The zero-order valence-corrected chi connectivity index (χ0v) is 22.7. The molecule has 38 heavy (non-hydrogen) atoms. The van der Waals surface area contributed by atoms with Gasteiger partial charge in [-0.25, -0.2) is 9.59 Å². The molecule has 0 saturated carbocycles. The lowest BCUT2D eigenvalue weighted by Crippen LogP contribution is -2.19. The highest BCUT2D eigenvalue weighted by Gasteiger charge is 2.29. The molecule has 3 N–H and O–H groups in total. The van der Waals surface area contributed by atoms with E-state index in [-0.39, 0.29) is 29.2 Å². The third-order valence-electron chi connectivity index (χ3n) is 5.01. The molecular formula is C26H29ClN2O8S. The van der Waals surface area contributed by atoms with Gasteiger partial charge in [-0.15, -0.1) is 0 Å². The molecule has 0 radical (unpaired) electrons. The van der Waals surface area contributed by atoms with E-state index in [4.69, 9.17) is 36.1 Å². The molecule has 0 fully saturated rings. The maximum Gasteiger partial charge on any atom is 0.340 e. The van der Waals surface area contributed by atoms with Crippen molar-refractivity contribution in [2.24, 2.45) is 5.73 Å². The van der Waals surface area contributed by atoms with Gasteiger partial charge in [0.15, 0.2) is 0 Å². The van der Waals surface area contributed by atoms with Gasteiger partial charge in [0.25, 0.3) is 10.1 Å². The Kier molecular flexibility index (Phi) is 11.8. The SMILES string of the molecule is CCOC(=O)c1c(COCCN)nc(C)c(C(=O)OC)c1-c1ccccc1Cl.O=S(=O)(O)c1ccccc1. The zero-order valence-electron chi connectivity index (χ0n) is 21.1. The van der Waals surface area contributed by atoms with Crippen LogP contribution in [0.15, 0.2) is 59.5 Å². The molecule has 1 aromatic heterocycles. The largest absolute Gasteiger partial charge is 0.465 e. The van der Waals surface area contributed by atoms with Gasteiger partial charge < -0.3 is 19.9 Å². The molecule has 0 saturated heterocycles. The molecule has 0 amide bonds. The summed E-state index contributed by atoms with van der Waals surface area (Å²) in [6, 6.07) is 14.3. The van der Waals surface area contributed by atoms with Crippen molar-refractivity contribution in [2.45, 2.75) is 25.3 Å². The highest BCUT2D eigenvalue weighted by molar-refractivity contribution is 7.85. The first-order valence-electron chi connectivity index (χ1n) is 11.4. The fourth-order valence-corrected chi connectivity index (χ4v) is 4.15. The van der Waals surface area contributed by atoms with E-state index < -0.39 is 22.1 Å². The van der Waals surface area contributed by atoms with Gasteiger partial charge in [-0.3, -0.25) is 9.54 Å². The fraction of sp³-hybridized carbons (Fsp3) is 0.269. The molecule has 0 bridgehead atoms. The number of benzene rings is 2. The average Bonchev–Trinajstić information content (AvgIpc) is 2.89. The number of esters is 2. The number of nitrogens with zero attached hydrogens (tertiary/aromatic N) is 1. The van der Waals surface area contributed by atoms with E-state index in [2.05, 4.69) is 4.98 Å². The van der Waals surface area contributed by atoms with Gasteiger partial charge in [-0.1, -0.05) is 48.0 Å². The van der Waals surface area contributed by atoms with Crippen molar-refractivity contribution in [3.63, 3.8) is 0 Å². The summed E-state index contributed by atoms with van der Waals surface area (Å²) in [4.78, 5) is 29.7. The third kappa shape index (κ3) is 8.07. The number of halogens is 1. The number of aryl methyl sites for hydroxylation is 1. The quantitative estimate of drug-likeness (QED) is 0.220. The molecule has 12 heteroatoms. The fourth-order valence-electron chi connectivity index (χ4n) is 3.42. The summed E-state index contributed by atoms with van der Waals surface area (Å²) in [5.74, 6) is -1.25. The van der Waals surface area contributed by atoms with Gasteiger partial charge in [0, 0.05) is 22.7 Å². The summed E-state index contributed by atoms with van der Waals surface area (Å²) in [5.41, 5.74) is 7.29. The summed E-state index contributed by atoms with van der Waals surface area (Å²) in [6.07, 6.45) is 0. The van der Waals surface area contributed by atoms with Gasteiger partial charge in [-0.05, 0) is 32.0 Å². The molecular weight excluding hydrogens is 536 g/mol. The normalized spacial score (nSPS) is 10.8. The number of nitrogens with two attached hydrogens (primary N) is 1. The van der Waals surface area contributed by atoms with E-state index in [1.807, 2.05) is 0 Å². The van der Waals surface area contributed by atoms with Crippen molar-refractivity contribution in [3.05, 3.63) is 82.1 Å². The molecule has 204 valence electrons. The monoisotopic (exact) mass is 564 g/mol. The first-order chi connectivity index (χ1) is 18.1. The summed E-state index contributed by atoms with van der Waals surface area (Å²) in [5, 5.41) is 0.373. The van der Waals surface area contributed by atoms with Crippen molar-refractivity contribution >= 4 is 33.7 Å². The molecule has 0 aliphatic rings. The second-order valence-corrected chi connectivity index (χ2v) is 9.42. The predicted octanol–water partition coefficient (Wildman–Crippen LogP) is 4.08. The number of rotatable bonds is 9. The van der Waals surface area contributed by atoms with Crippen LogP contribution in [0.2, 0.25) is 5.02 Å². The lowest BCUT2D eigenvalue weighted by Gasteiger charge is -2.19. The van der Waals surface area contributed by atoms with Crippen molar-refractivity contribution in [1.82, 2.24) is 4.98 Å². The number of aromatic nitrogens is 1. The smallest absolute Gasteiger partial charge is 0.340 e. The lowest BCUT2D eigenvalue weighted by atomic mass is 9.92. The Morgan fingerprint density at radius 2 is 1.66 bits per heavy atom. The summed E-state index contributed by atoms with van der Waals surface area (Å²) >= 11 is 6.39. The topological polar surface area (TPSA) is 155 Å². The van der Waals surface area contributed by atoms with E-state index in [0.29, 0.717) is 40.7 Å².